The number of carbonyl (C=O) groups is 1. The predicted molar refractivity (Wildman–Crippen MR) is 88.9 cm³/mol. The fourth-order valence-corrected chi connectivity index (χ4v) is 1.57. The molecule has 0 bridgehead atoms. The van der Waals surface area contributed by atoms with Crippen molar-refractivity contribution >= 4 is 12.3 Å². The molecule has 0 spiro atoms. The zero-order chi connectivity index (χ0) is 17.3. The van der Waals surface area contributed by atoms with E-state index in [2.05, 4.69) is 16.4 Å². The molecule has 0 saturated carbocycles. The summed E-state index contributed by atoms with van der Waals surface area (Å²) < 4.78 is 16.0. The van der Waals surface area contributed by atoms with E-state index >= 15 is 0 Å². The van der Waals surface area contributed by atoms with Crippen molar-refractivity contribution in [2.75, 3.05) is 13.2 Å². The summed E-state index contributed by atoms with van der Waals surface area (Å²) in [6.45, 7) is 7.85. The maximum Gasteiger partial charge on any atom is 0.428 e. The normalized spacial score (nSPS) is 10.9. The van der Waals surface area contributed by atoms with E-state index in [-0.39, 0.29) is 6.61 Å². The van der Waals surface area contributed by atoms with Gasteiger partial charge in [-0.1, -0.05) is 5.92 Å². The number of ether oxygens (including phenoxy) is 3. The Balaban J connectivity index is 2.73. The summed E-state index contributed by atoms with van der Waals surface area (Å²) in [5, 5.41) is 3.84. The van der Waals surface area contributed by atoms with E-state index in [1.807, 2.05) is 6.92 Å². The third kappa shape index (κ3) is 7.23. The highest BCUT2D eigenvalue weighted by Crippen LogP contribution is 2.27. The van der Waals surface area contributed by atoms with Crippen LogP contribution in [0.3, 0.4) is 0 Å². The molecule has 0 fully saturated rings. The van der Waals surface area contributed by atoms with Gasteiger partial charge in [-0.25, -0.2) is 10.2 Å². The summed E-state index contributed by atoms with van der Waals surface area (Å²) in [5.41, 5.74) is 2.46. The molecule has 1 rings (SSSR count). The number of hydrazone groups is 1. The van der Waals surface area contributed by atoms with E-state index in [0.717, 1.165) is 5.56 Å². The fourth-order valence-electron chi connectivity index (χ4n) is 1.57. The lowest BCUT2D eigenvalue weighted by molar-refractivity contribution is 0.0529. The van der Waals surface area contributed by atoms with Crippen LogP contribution in [-0.4, -0.2) is 31.1 Å². The van der Waals surface area contributed by atoms with Crippen LogP contribution in [0.4, 0.5) is 4.79 Å². The minimum absolute atomic E-state index is 0.160. The molecule has 23 heavy (non-hydrogen) atoms. The largest absolute Gasteiger partial charge is 0.490 e. The number of nitrogens with one attached hydrogen (secondary N) is 1. The second-order valence-corrected chi connectivity index (χ2v) is 5.50. The molecular weight excluding hydrogens is 296 g/mol. The van der Waals surface area contributed by atoms with Crippen LogP contribution < -0.4 is 14.9 Å². The number of benzene rings is 1. The van der Waals surface area contributed by atoms with Gasteiger partial charge in [0.2, 0.25) is 0 Å². The summed E-state index contributed by atoms with van der Waals surface area (Å²) in [6.07, 6.45) is 6.04. The van der Waals surface area contributed by atoms with Crippen LogP contribution in [0.5, 0.6) is 11.5 Å². The summed E-state index contributed by atoms with van der Waals surface area (Å²) in [5.74, 6) is 3.52. The Morgan fingerprint density at radius 3 is 2.70 bits per heavy atom. The molecule has 124 valence electrons. The molecule has 0 unspecified atom stereocenters. The van der Waals surface area contributed by atoms with Crippen LogP contribution in [0, 0.1) is 12.3 Å². The first-order valence-electron chi connectivity index (χ1n) is 7.21. The quantitative estimate of drug-likeness (QED) is 0.497. The Morgan fingerprint density at radius 2 is 2.09 bits per heavy atom. The van der Waals surface area contributed by atoms with Gasteiger partial charge in [0.05, 0.1) is 12.8 Å². The van der Waals surface area contributed by atoms with Crippen molar-refractivity contribution in [3.8, 4) is 23.8 Å². The van der Waals surface area contributed by atoms with Gasteiger partial charge in [0.1, 0.15) is 12.2 Å². The smallest absolute Gasteiger partial charge is 0.428 e. The first kappa shape index (κ1) is 18.4. The molecule has 0 radical (unpaired) electrons. The van der Waals surface area contributed by atoms with Crippen LogP contribution in [0.1, 0.15) is 33.3 Å². The average Bonchev–Trinajstić information content (AvgIpc) is 2.45. The van der Waals surface area contributed by atoms with Gasteiger partial charge in [-0.2, -0.15) is 5.10 Å². The molecule has 6 heteroatoms. The Morgan fingerprint density at radius 1 is 1.35 bits per heavy atom. The highest BCUT2D eigenvalue weighted by molar-refractivity contribution is 5.82. The molecule has 0 aliphatic heterocycles. The summed E-state index contributed by atoms with van der Waals surface area (Å²) in [4.78, 5) is 11.5. The van der Waals surface area contributed by atoms with Crippen molar-refractivity contribution < 1.29 is 19.0 Å². The van der Waals surface area contributed by atoms with E-state index < -0.39 is 11.7 Å². The molecule has 0 aliphatic carbocycles. The van der Waals surface area contributed by atoms with Crippen LogP contribution in [0.25, 0.3) is 0 Å². The highest BCUT2D eigenvalue weighted by Gasteiger charge is 2.15. The minimum atomic E-state index is -0.618. The van der Waals surface area contributed by atoms with Crippen molar-refractivity contribution in [1.82, 2.24) is 5.43 Å². The first-order chi connectivity index (χ1) is 10.9. The number of hydrogen-bond acceptors (Lipinski definition) is 5. The van der Waals surface area contributed by atoms with Crippen molar-refractivity contribution in [2.45, 2.75) is 33.3 Å². The van der Waals surface area contributed by atoms with E-state index in [9.17, 15) is 4.79 Å². The number of nitrogens with zero attached hydrogens (tertiary/aromatic N) is 1. The molecule has 0 heterocycles. The van der Waals surface area contributed by atoms with Crippen molar-refractivity contribution in [3.63, 3.8) is 0 Å². The topological polar surface area (TPSA) is 69.2 Å². The summed E-state index contributed by atoms with van der Waals surface area (Å²) in [7, 11) is 0. The fraction of sp³-hybridized carbons (Fsp3) is 0.412. The SMILES string of the molecule is C#CCOc1ccc(/C=N\NC(=O)OC(C)(C)C)cc1OCC. The van der Waals surface area contributed by atoms with Gasteiger partial charge < -0.3 is 14.2 Å². The Labute approximate surface area is 136 Å². The van der Waals surface area contributed by atoms with Crippen LogP contribution >= 0.6 is 0 Å². The Kier molecular flexibility index (Phi) is 6.94. The zero-order valence-corrected chi connectivity index (χ0v) is 13.9. The molecule has 1 N–H and O–H groups in total. The molecule has 0 atom stereocenters. The molecule has 1 aromatic carbocycles. The number of hydrogen-bond donors (Lipinski definition) is 1. The number of terminal acetylenes is 1. The molecule has 0 saturated heterocycles. The van der Waals surface area contributed by atoms with E-state index in [4.69, 9.17) is 20.6 Å². The molecule has 0 aromatic heterocycles. The lowest BCUT2D eigenvalue weighted by Crippen LogP contribution is -2.29. The van der Waals surface area contributed by atoms with Gasteiger partial charge in [0.15, 0.2) is 11.5 Å². The second kappa shape index (κ2) is 8.69. The van der Waals surface area contributed by atoms with Gasteiger partial charge in [-0.3, -0.25) is 0 Å². The zero-order valence-electron chi connectivity index (χ0n) is 13.9. The molecule has 0 aliphatic rings. The van der Waals surface area contributed by atoms with Crippen LogP contribution in [0.2, 0.25) is 0 Å². The van der Waals surface area contributed by atoms with Crippen molar-refractivity contribution in [2.24, 2.45) is 5.10 Å². The maximum atomic E-state index is 11.5. The molecule has 6 nitrogen and oxygen atoms in total. The lowest BCUT2D eigenvalue weighted by atomic mass is 10.2. The van der Waals surface area contributed by atoms with Gasteiger partial charge in [-0.15, -0.1) is 6.42 Å². The molecular formula is C17H22N2O4. The molecule has 1 aromatic rings. The van der Waals surface area contributed by atoms with Crippen molar-refractivity contribution in [3.05, 3.63) is 23.8 Å². The van der Waals surface area contributed by atoms with Crippen LogP contribution in [0.15, 0.2) is 23.3 Å². The minimum Gasteiger partial charge on any atom is -0.490 e. The third-order valence-electron chi connectivity index (χ3n) is 2.35. The van der Waals surface area contributed by atoms with Crippen LogP contribution in [-0.2, 0) is 4.74 Å². The van der Waals surface area contributed by atoms with Crippen molar-refractivity contribution in [1.29, 1.82) is 0 Å². The van der Waals surface area contributed by atoms with E-state index in [0.29, 0.717) is 18.1 Å². The summed E-state index contributed by atoms with van der Waals surface area (Å²) >= 11 is 0. The van der Waals surface area contributed by atoms with Gasteiger partial charge in [0.25, 0.3) is 0 Å². The van der Waals surface area contributed by atoms with E-state index in [1.54, 1.807) is 39.0 Å². The third-order valence-corrected chi connectivity index (χ3v) is 2.35. The maximum absolute atomic E-state index is 11.5. The molecule has 1 amide bonds. The number of carbonyl (C=O) groups excluding carboxylic acids is 1. The summed E-state index contributed by atoms with van der Waals surface area (Å²) in [6, 6.07) is 5.25. The monoisotopic (exact) mass is 318 g/mol. The lowest BCUT2D eigenvalue weighted by Gasteiger charge is -2.18. The number of rotatable bonds is 6. The first-order valence-corrected chi connectivity index (χ1v) is 7.21. The highest BCUT2D eigenvalue weighted by atomic mass is 16.6. The van der Waals surface area contributed by atoms with E-state index in [1.165, 1.54) is 6.21 Å². The van der Waals surface area contributed by atoms with Gasteiger partial charge in [0, 0.05) is 0 Å². The Hall–Kier alpha value is -2.68. The Bertz CT molecular complexity index is 598. The average molecular weight is 318 g/mol. The van der Waals surface area contributed by atoms with Gasteiger partial charge in [-0.05, 0) is 51.5 Å². The standard InChI is InChI=1S/C17H22N2O4/c1-6-10-22-14-9-8-13(11-15(14)21-7-2)12-18-19-16(20)23-17(3,4)5/h1,8-9,11-12H,7,10H2,2-5H3,(H,19,20)/b18-12-. The number of amides is 1. The second-order valence-electron chi connectivity index (χ2n) is 5.50. The predicted octanol–water partition coefficient (Wildman–Crippen LogP) is 2.96. The van der Waals surface area contributed by atoms with Gasteiger partial charge >= 0.3 is 6.09 Å².